The molecule has 48 valence electrons. The van der Waals surface area contributed by atoms with Crippen LogP contribution in [0.3, 0.4) is 0 Å². The number of hydrogen-bond acceptors (Lipinski definition) is 0. The number of benzene rings is 1. The molecule has 0 bridgehead atoms. The van der Waals surface area contributed by atoms with Crippen molar-refractivity contribution >= 4 is 25.5 Å². The van der Waals surface area contributed by atoms with Gasteiger partial charge in [0.05, 0.1) is 0 Å². The summed E-state index contributed by atoms with van der Waals surface area (Å²) in [4.78, 5) is 0. The standard InChI is InChI=1S/C8H6BCl/c9-6-5-7-1-3-8(10)4-2-7/h1-6H/b6-5+. The summed E-state index contributed by atoms with van der Waals surface area (Å²) in [7, 11) is 5.19. The monoisotopic (exact) mass is 148 g/mol. The first-order valence-electron chi connectivity index (χ1n) is 2.97. The molecular formula is C8H6BCl. The summed E-state index contributed by atoms with van der Waals surface area (Å²) in [6, 6.07) is 7.48. The fraction of sp³-hybridized carbons (Fsp3) is 0. The van der Waals surface area contributed by atoms with Crippen LogP contribution in [0.4, 0.5) is 0 Å². The number of halogens is 1. The van der Waals surface area contributed by atoms with Crippen LogP contribution in [-0.2, 0) is 0 Å². The van der Waals surface area contributed by atoms with E-state index in [0.29, 0.717) is 0 Å². The summed E-state index contributed by atoms with van der Waals surface area (Å²) in [6.45, 7) is 0. The van der Waals surface area contributed by atoms with E-state index >= 15 is 0 Å². The second-order valence-electron chi connectivity index (χ2n) is 1.91. The molecule has 0 spiro atoms. The molecular weight excluding hydrogens is 142 g/mol. The van der Waals surface area contributed by atoms with Gasteiger partial charge in [-0.05, 0) is 17.7 Å². The SMILES string of the molecule is [B]/C=C/c1ccc(Cl)cc1. The van der Waals surface area contributed by atoms with Gasteiger partial charge in [0.25, 0.3) is 0 Å². The van der Waals surface area contributed by atoms with E-state index in [1.54, 1.807) is 0 Å². The Bertz CT molecular complexity index is 226. The molecule has 1 aromatic carbocycles. The Kier molecular flexibility index (Phi) is 2.58. The van der Waals surface area contributed by atoms with Crippen molar-refractivity contribution < 1.29 is 0 Å². The van der Waals surface area contributed by atoms with Gasteiger partial charge in [0.1, 0.15) is 7.85 Å². The third-order valence-electron chi connectivity index (χ3n) is 1.16. The van der Waals surface area contributed by atoms with Gasteiger partial charge in [-0.15, -0.1) is 5.98 Å². The maximum Gasteiger partial charge on any atom is 0.102 e. The first-order valence-corrected chi connectivity index (χ1v) is 3.34. The second kappa shape index (κ2) is 3.48. The average molecular weight is 148 g/mol. The lowest BCUT2D eigenvalue weighted by Crippen LogP contribution is -1.69. The molecule has 0 atom stereocenters. The van der Waals surface area contributed by atoms with Gasteiger partial charge < -0.3 is 0 Å². The van der Waals surface area contributed by atoms with E-state index in [1.165, 1.54) is 5.98 Å². The van der Waals surface area contributed by atoms with Crippen molar-refractivity contribution in [2.45, 2.75) is 0 Å². The van der Waals surface area contributed by atoms with E-state index < -0.39 is 0 Å². The molecule has 2 heteroatoms. The largest absolute Gasteiger partial charge is 0.131 e. The van der Waals surface area contributed by atoms with Crippen LogP contribution in [0.2, 0.25) is 5.02 Å². The van der Waals surface area contributed by atoms with E-state index in [4.69, 9.17) is 19.4 Å². The maximum atomic E-state index is 5.66. The predicted octanol–water partition coefficient (Wildman–Crippen LogP) is 2.48. The van der Waals surface area contributed by atoms with Crippen molar-refractivity contribution in [2.75, 3.05) is 0 Å². The zero-order valence-electron chi connectivity index (χ0n) is 5.42. The first kappa shape index (κ1) is 7.42. The summed E-state index contributed by atoms with van der Waals surface area (Å²) >= 11 is 5.66. The summed E-state index contributed by atoms with van der Waals surface area (Å²) < 4.78 is 0. The van der Waals surface area contributed by atoms with E-state index in [1.807, 2.05) is 30.3 Å². The van der Waals surface area contributed by atoms with E-state index in [2.05, 4.69) is 0 Å². The summed E-state index contributed by atoms with van der Waals surface area (Å²) in [5.41, 5.74) is 1.06. The van der Waals surface area contributed by atoms with Crippen molar-refractivity contribution in [3.63, 3.8) is 0 Å². The fourth-order valence-corrected chi connectivity index (χ4v) is 0.811. The summed E-state index contributed by atoms with van der Waals surface area (Å²) in [5, 5.41) is 0.745. The minimum atomic E-state index is 0.745. The molecule has 1 aromatic rings. The van der Waals surface area contributed by atoms with Crippen LogP contribution in [0.25, 0.3) is 6.08 Å². The van der Waals surface area contributed by atoms with Gasteiger partial charge in [-0.3, -0.25) is 0 Å². The Hall–Kier alpha value is -0.685. The molecule has 0 fully saturated rings. The number of hydrogen-bond donors (Lipinski definition) is 0. The van der Waals surface area contributed by atoms with Crippen LogP contribution in [0.15, 0.2) is 30.2 Å². The average Bonchev–Trinajstić information content (AvgIpc) is 1.95. The molecule has 10 heavy (non-hydrogen) atoms. The minimum Gasteiger partial charge on any atom is -0.131 e. The molecule has 1 rings (SSSR count). The second-order valence-corrected chi connectivity index (χ2v) is 2.35. The van der Waals surface area contributed by atoms with Crippen LogP contribution in [-0.4, -0.2) is 7.85 Å². The molecule has 0 heterocycles. The van der Waals surface area contributed by atoms with Crippen LogP contribution < -0.4 is 0 Å². The molecule has 0 saturated heterocycles. The Labute approximate surface area is 66.9 Å². The van der Waals surface area contributed by atoms with Crippen molar-refractivity contribution in [2.24, 2.45) is 0 Å². The number of rotatable bonds is 1. The Balaban J connectivity index is 2.89. The molecule has 0 nitrogen and oxygen atoms in total. The molecule has 2 radical (unpaired) electrons. The highest BCUT2D eigenvalue weighted by atomic mass is 35.5. The molecule has 0 aliphatic heterocycles. The smallest absolute Gasteiger partial charge is 0.102 e. The van der Waals surface area contributed by atoms with Gasteiger partial charge in [-0.25, -0.2) is 0 Å². The van der Waals surface area contributed by atoms with E-state index in [0.717, 1.165) is 10.6 Å². The van der Waals surface area contributed by atoms with Crippen molar-refractivity contribution in [3.8, 4) is 0 Å². The van der Waals surface area contributed by atoms with Gasteiger partial charge in [-0.1, -0.05) is 29.8 Å². The fourth-order valence-electron chi connectivity index (χ4n) is 0.685. The van der Waals surface area contributed by atoms with Gasteiger partial charge >= 0.3 is 0 Å². The Morgan fingerprint density at radius 3 is 2.30 bits per heavy atom. The first-order chi connectivity index (χ1) is 4.83. The zero-order valence-corrected chi connectivity index (χ0v) is 6.18. The maximum absolute atomic E-state index is 5.66. The molecule has 0 unspecified atom stereocenters. The topological polar surface area (TPSA) is 0 Å². The van der Waals surface area contributed by atoms with Gasteiger partial charge in [0.15, 0.2) is 0 Å². The van der Waals surface area contributed by atoms with Crippen molar-refractivity contribution in [3.05, 3.63) is 40.8 Å². The third kappa shape index (κ3) is 1.92. The third-order valence-corrected chi connectivity index (χ3v) is 1.41. The quantitative estimate of drug-likeness (QED) is 0.537. The molecule has 0 saturated carbocycles. The lowest BCUT2D eigenvalue weighted by atomic mass is 10.1. The van der Waals surface area contributed by atoms with Gasteiger partial charge in [0.2, 0.25) is 0 Å². The normalized spacial score (nSPS) is 10.5. The minimum absolute atomic E-state index is 0.745. The van der Waals surface area contributed by atoms with Crippen LogP contribution in [0.5, 0.6) is 0 Å². The van der Waals surface area contributed by atoms with Crippen LogP contribution >= 0.6 is 11.6 Å². The lowest BCUT2D eigenvalue weighted by Gasteiger charge is -1.91. The molecule has 0 N–H and O–H groups in total. The van der Waals surface area contributed by atoms with Gasteiger partial charge in [0, 0.05) is 5.02 Å². The van der Waals surface area contributed by atoms with Gasteiger partial charge in [-0.2, -0.15) is 0 Å². The highest BCUT2D eigenvalue weighted by Gasteiger charge is 1.84. The van der Waals surface area contributed by atoms with Crippen LogP contribution in [0, 0.1) is 0 Å². The predicted molar refractivity (Wildman–Crippen MR) is 46.2 cm³/mol. The van der Waals surface area contributed by atoms with E-state index in [9.17, 15) is 0 Å². The Morgan fingerprint density at radius 2 is 1.80 bits per heavy atom. The van der Waals surface area contributed by atoms with Crippen LogP contribution in [0.1, 0.15) is 5.56 Å². The molecule has 0 amide bonds. The molecule has 0 aromatic heterocycles. The van der Waals surface area contributed by atoms with E-state index in [-0.39, 0.29) is 0 Å². The summed E-state index contributed by atoms with van der Waals surface area (Å²) in [5.74, 6) is 1.50. The summed E-state index contributed by atoms with van der Waals surface area (Å²) in [6.07, 6.45) is 1.82. The molecule has 0 aliphatic carbocycles. The highest BCUT2D eigenvalue weighted by Crippen LogP contribution is 2.09. The zero-order chi connectivity index (χ0) is 7.40. The van der Waals surface area contributed by atoms with Crippen molar-refractivity contribution in [1.29, 1.82) is 0 Å². The molecule has 0 aliphatic rings. The lowest BCUT2D eigenvalue weighted by molar-refractivity contribution is 1.66. The Morgan fingerprint density at radius 1 is 1.20 bits per heavy atom. The van der Waals surface area contributed by atoms with Crippen molar-refractivity contribution in [1.82, 2.24) is 0 Å². The highest BCUT2D eigenvalue weighted by molar-refractivity contribution is 6.30.